The number of nitrogens with one attached hydrogen (secondary N) is 1. The highest BCUT2D eigenvalue weighted by Crippen LogP contribution is 2.30. The minimum Gasteiger partial charge on any atom is -0.381 e. The smallest absolute Gasteiger partial charge is 0.215 e. The van der Waals surface area contributed by atoms with Gasteiger partial charge in [0, 0.05) is 29.2 Å². The molecule has 122 valence electrons. The molecule has 3 rings (SSSR count). The first-order valence-electron chi connectivity index (χ1n) is 7.49. The monoisotopic (exact) mass is 347 g/mol. The molecule has 0 radical (unpaired) electrons. The first kappa shape index (κ1) is 16.2. The first-order valence-corrected chi connectivity index (χ1v) is 9.41. The molecule has 2 atom stereocenters. The maximum absolute atomic E-state index is 14.0. The molecule has 1 aliphatic carbocycles. The van der Waals surface area contributed by atoms with Crippen LogP contribution in [0.5, 0.6) is 0 Å². The van der Waals surface area contributed by atoms with E-state index in [0.717, 1.165) is 12.8 Å². The average Bonchev–Trinajstić information content (AvgIpc) is 3.27. The summed E-state index contributed by atoms with van der Waals surface area (Å²) in [6.45, 7) is 0.721. The van der Waals surface area contributed by atoms with Gasteiger partial charge in [-0.3, -0.25) is 0 Å². The molecule has 0 aromatic heterocycles. The highest BCUT2D eigenvalue weighted by Gasteiger charge is 2.39. The summed E-state index contributed by atoms with van der Waals surface area (Å²) in [5, 5.41) is -0.227. The van der Waals surface area contributed by atoms with Crippen LogP contribution in [0.3, 0.4) is 0 Å². The van der Waals surface area contributed by atoms with Crippen molar-refractivity contribution in [1.82, 2.24) is 4.72 Å². The van der Waals surface area contributed by atoms with E-state index in [4.69, 9.17) is 16.3 Å². The number of hydrogen-bond acceptors (Lipinski definition) is 3. The molecule has 1 saturated heterocycles. The van der Waals surface area contributed by atoms with Gasteiger partial charge in [0.25, 0.3) is 0 Å². The van der Waals surface area contributed by atoms with Crippen LogP contribution in [0.15, 0.2) is 18.2 Å². The summed E-state index contributed by atoms with van der Waals surface area (Å²) in [7, 11) is -3.41. The number of hydrogen-bond donors (Lipinski definition) is 1. The second kappa shape index (κ2) is 6.43. The fraction of sp³-hybridized carbons (Fsp3) is 0.600. The predicted octanol–water partition coefficient (Wildman–Crippen LogP) is 2.51. The van der Waals surface area contributed by atoms with Crippen LogP contribution in [0.4, 0.5) is 4.39 Å². The maximum Gasteiger partial charge on any atom is 0.215 e. The topological polar surface area (TPSA) is 55.4 Å². The summed E-state index contributed by atoms with van der Waals surface area (Å²) in [6, 6.07) is 4.58. The van der Waals surface area contributed by atoms with Gasteiger partial charge in [-0.2, -0.15) is 0 Å². The van der Waals surface area contributed by atoms with Crippen LogP contribution in [0.25, 0.3) is 0 Å². The largest absolute Gasteiger partial charge is 0.381 e. The van der Waals surface area contributed by atoms with E-state index >= 15 is 0 Å². The van der Waals surface area contributed by atoms with Crippen LogP contribution >= 0.6 is 11.6 Å². The maximum atomic E-state index is 14.0. The lowest BCUT2D eigenvalue weighted by Gasteiger charge is -2.31. The van der Waals surface area contributed by atoms with Crippen molar-refractivity contribution in [2.24, 2.45) is 5.92 Å². The minimum absolute atomic E-state index is 0.0746. The van der Waals surface area contributed by atoms with Crippen molar-refractivity contribution in [3.8, 4) is 0 Å². The number of ether oxygens (including phenoxy) is 1. The second-order valence-electron chi connectivity index (χ2n) is 6.00. The quantitative estimate of drug-likeness (QED) is 0.890. The van der Waals surface area contributed by atoms with Gasteiger partial charge in [0.15, 0.2) is 0 Å². The zero-order valence-electron chi connectivity index (χ0n) is 12.1. The van der Waals surface area contributed by atoms with E-state index < -0.39 is 21.1 Å². The molecular formula is C15H19ClFNO3S. The van der Waals surface area contributed by atoms with Gasteiger partial charge in [0.05, 0.1) is 11.9 Å². The predicted molar refractivity (Wildman–Crippen MR) is 82.9 cm³/mol. The Hall–Kier alpha value is -0.690. The van der Waals surface area contributed by atoms with Crippen LogP contribution in [0.1, 0.15) is 24.8 Å². The van der Waals surface area contributed by atoms with Gasteiger partial charge in [-0.1, -0.05) is 17.7 Å². The first-order chi connectivity index (χ1) is 10.5. The molecule has 1 saturated carbocycles. The lowest BCUT2D eigenvalue weighted by Crippen LogP contribution is -2.45. The normalized spacial score (nSPS) is 26.1. The third-order valence-corrected chi connectivity index (χ3v) is 6.67. The van der Waals surface area contributed by atoms with Crippen molar-refractivity contribution in [2.45, 2.75) is 37.0 Å². The molecule has 4 nitrogen and oxygen atoms in total. The highest BCUT2D eigenvalue weighted by atomic mass is 35.5. The van der Waals surface area contributed by atoms with Crippen LogP contribution in [-0.4, -0.2) is 32.9 Å². The van der Waals surface area contributed by atoms with E-state index in [9.17, 15) is 12.8 Å². The van der Waals surface area contributed by atoms with E-state index in [0.29, 0.717) is 30.2 Å². The molecule has 1 N–H and O–H groups in total. The zero-order valence-corrected chi connectivity index (χ0v) is 13.7. The van der Waals surface area contributed by atoms with Crippen LogP contribution in [0, 0.1) is 11.7 Å². The summed E-state index contributed by atoms with van der Waals surface area (Å²) in [5.41, 5.74) is 0.367. The fourth-order valence-electron chi connectivity index (χ4n) is 2.89. The number of benzene rings is 1. The molecule has 1 aromatic rings. The summed E-state index contributed by atoms with van der Waals surface area (Å²) in [5.74, 6) is -0.691. The Morgan fingerprint density at radius 2 is 2.09 bits per heavy atom. The summed E-state index contributed by atoms with van der Waals surface area (Å²) >= 11 is 6.06. The van der Waals surface area contributed by atoms with Crippen LogP contribution in [-0.2, 0) is 21.2 Å². The molecule has 0 spiro atoms. The van der Waals surface area contributed by atoms with Crippen molar-refractivity contribution in [3.05, 3.63) is 34.6 Å². The Bertz CT molecular complexity index is 628. The Balaban J connectivity index is 1.80. The van der Waals surface area contributed by atoms with Crippen molar-refractivity contribution >= 4 is 21.6 Å². The molecule has 1 aliphatic heterocycles. The molecular weight excluding hydrogens is 329 g/mol. The van der Waals surface area contributed by atoms with E-state index in [2.05, 4.69) is 4.72 Å². The Morgan fingerprint density at radius 3 is 2.77 bits per heavy atom. The molecule has 2 fully saturated rings. The third kappa shape index (κ3) is 3.62. The van der Waals surface area contributed by atoms with Crippen molar-refractivity contribution in [2.75, 3.05) is 13.2 Å². The molecule has 22 heavy (non-hydrogen) atoms. The SMILES string of the molecule is O=S(=O)(NC1CC1)C1CCOCC1Cc1c(F)cccc1Cl. The average molecular weight is 348 g/mol. The van der Waals surface area contributed by atoms with Crippen molar-refractivity contribution in [3.63, 3.8) is 0 Å². The van der Waals surface area contributed by atoms with Crippen LogP contribution < -0.4 is 4.72 Å². The summed E-state index contributed by atoms with van der Waals surface area (Å²) < 4.78 is 47.1. The Labute approximate surface area is 135 Å². The van der Waals surface area contributed by atoms with E-state index in [1.165, 1.54) is 6.07 Å². The van der Waals surface area contributed by atoms with E-state index in [1.54, 1.807) is 12.1 Å². The number of sulfonamides is 1. The highest BCUT2D eigenvalue weighted by molar-refractivity contribution is 7.90. The third-order valence-electron chi connectivity index (χ3n) is 4.24. The van der Waals surface area contributed by atoms with E-state index in [-0.39, 0.29) is 18.4 Å². The van der Waals surface area contributed by atoms with Crippen molar-refractivity contribution < 1.29 is 17.5 Å². The second-order valence-corrected chi connectivity index (χ2v) is 8.34. The molecule has 0 bridgehead atoms. The van der Waals surface area contributed by atoms with Crippen molar-refractivity contribution in [1.29, 1.82) is 0 Å². The van der Waals surface area contributed by atoms with E-state index in [1.807, 2.05) is 0 Å². The van der Waals surface area contributed by atoms with Gasteiger partial charge in [-0.15, -0.1) is 0 Å². The molecule has 1 heterocycles. The minimum atomic E-state index is -3.41. The van der Waals surface area contributed by atoms with Gasteiger partial charge in [0.1, 0.15) is 5.82 Å². The number of rotatable bonds is 5. The Kier molecular flexibility index (Phi) is 4.73. The standard InChI is InChI=1S/C15H19ClFNO3S/c16-13-2-1-3-14(17)12(13)8-10-9-21-7-6-15(10)22(19,20)18-11-4-5-11/h1-3,10-11,15,18H,4-9H2. The molecule has 1 aromatic carbocycles. The van der Waals surface area contributed by atoms with Gasteiger partial charge in [-0.05, 0) is 37.8 Å². The van der Waals surface area contributed by atoms with Gasteiger partial charge in [-0.25, -0.2) is 17.5 Å². The van der Waals surface area contributed by atoms with Crippen LogP contribution in [0.2, 0.25) is 5.02 Å². The zero-order chi connectivity index (χ0) is 15.7. The summed E-state index contributed by atoms with van der Waals surface area (Å²) in [6.07, 6.45) is 2.49. The fourth-order valence-corrected chi connectivity index (χ4v) is 5.09. The Morgan fingerprint density at radius 1 is 1.32 bits per heavy atom. The lowest BCUT2D eigenvalue weighted by molar-refractivity contribution is 0.0567. The molecule has 2 aliphatic rings. The van der Waals surface area contributed by atoms with Gasteiger partial charge < -0.3 is 4.74 Å². The van der Waals surface area contributed by atoms with Gasteiger partial charge in [0.2, 0.25) is 10.0 Å². The van der Waals surface area contributed by atoms with Gasteiger partial charge >= 0.3 is 0 Å². The number of halogens is 2. The molecule has 2 unspecified atom stereocenters. The lowest BCUT2D eigenvalue weighted by atomic mass is 9.93. The molecule has 0 amide bonds. The summed E-state index contributed by atoms with van der Waals surface area (Å²) in [4.78, 5) is 0. The molecule has 7 heteroatoms.